The van der Waals surface area contributed by atoms with Crippen molar-refractivity contribution in [3.63, 3.8) is 0 Å². The molecule has 3 aromatic heterocycles. The van der Waals surface area contributed by atoms with Crippen molar-refractivity contribution >= 4 is 48.6 Å². The Hall–Kier alpha value is -1.98. The molecular formula is C17H21N5O3S3. The maximum Gasteiger partial charge on any atom is 0.231 e. The number of thiazole rings is 2. The lowest BCUT2D eigenvalue weighted by atomic mass is 9.95. The van der Waals surface area contributed by atoms with Crippen molar-refractivity contribution in [2.45, 2.75) is 32.1 Å². The molecule has 0 aliphatic carbocycles. The predicted octanol–water partition coefficient (Wildman–Crippen LogP) is 2.48. The molecule has 1 aliphatic rings. The number of nitrogens with one attached hydrogen (secondary N) is 1. The lowest BCUT2D eigenvalue weighted by Gasteiger charge is -2.32. The molecule has 3 aromatic rings. The van der Waals surface area contributed by atoms with Crippen molar-refractivity contribution in [3.05, 3.63) is 34.2 Å². The summed E-state index contributed by atoms with van der Waals surface area (Å²) in [7, 11) is -3.37. The molecule has 1 amide bonds. The summed E-state index contributed by atoms with van der Waals surface area (Å²) in [5.74, 6) is 1.22. The van der Waals surface area contributed by atoms with Crippen LogP contribution < -0.4 is 4.72 Å². The highest BCUT2D eigenvalue weighted by Gasteiger charge is 2.28. The lowest BCUT2D eigenvalue weighted by molar-refractivity contribution is -0.131. The normalized spacial score (nSPS) is 17.9. The van der Waals surface area contributed by atoms with Gasteiger partial charge in [0.1, 0.15) is 10.7 Å². The number of piperidine rings is 1. The molecule has 1 unspecified atom stereocenters. The van der Waals surface area contributed by atoms with Gasteiger partial charge in [0.15, 0.2) is 5.13 Å². The number of carbonyl (C=O) groups excluding carboxylic acids is 1. The van der Waals surface area contributed by atoms with E-state index in [-0.39, 0.29) is 23.4 Å². The van der Waals surface area contributed by atoms with E-state index in [4.69, 9.17) is 4.98 Å². The number of hydrogen-bond acceptors (Lipinski definition) is 7. The minimum atomic E-state index is -3.37. The molecule has 4 heterocycles. The van der Waals surface area contributed by atoms with E-state index in [0.717, 1.165) is 42.0 Å². The Morgan fingerprint density at radius 3 is 2.96 bits per heavy atom. The van der Waals surface area contributed by atoms with Gasteiger partial charge in [-0.1, -0.05) is 0 Å². The number of imidazole rings is 1. The number of anilines is 1. The largest absolute Gasteiger partial charge is 0.342 e. The Morgan fingerprint density at radius 1 is 1.36 bits per heavy atom. The van der Waals surface area contributed by atoms with Crippen molar-refractivity contribution in [2.24, 2.45) is 0 Å². The maximum absolute atomic E-state index is 12.8. The standard InChI is InChI=1S/C17H21N5O3S3/c1-11-18-15(16-22(11)6-7-26-16)12-4-3-5-21(9-12)14(23)8-13-10-27-17(19-13)20-28(2,24)25/h6-7,10,12H,3-5,8-9H2,1-2H3,(H,19,20). The molecular weight excluding hydrogens is 418 g/mol. The summed E-state index contributed by atoms with van der Waals surface area (Å²) < 4.78 is 27.0. The van der Waals surface area contributed by atoms with Crippen LogP contribution in [-0.4, -0.2) is 52.9 Å². The molecule has 28 heavy (non-hydrogen) atoms. The fourth-order valence-corrected chi connectivity index (χ4v) is 6.06. The average molecular weight is 440 g/mol. The smallest absolute Gasteiger partial charge is 0.231 e. The third-order valence-electron chi connectivity index (χ3n) is 4.78. The van der Waals surface area contributed by atoms with Crippen LogP contribution in [0.25, 0.3) is 4.83 Å². The zero-order chi connectivity index (χ0) is 19.9. The molecule has 0 aromatic carbocycles. The van der Waals surface area contributed by atoms with Crippen LogP contribution in [0.2, 0.25) is 0 Å². The molecule has 8 nitrogen and oxygen atoms in total. The fraction of sp³-hybridized carbons (Fsp3) is 0.471. The van der Waals surface area contributed by atoms with E-state index in [1.807, 2.05) is 18.0 Å². The van der Waals surface area contributed by atoms with Crippen molar-refractivity contribution < 1.29 is 13.2 Å². The summed E-state index contributed by atoms with van der Waals surface area (Å²) in [6.45, 7) is 3.38. The van der Waals surface area contributed by atoms with Crippen LogP contribution in [-0.2, 0) is 21.2 Å². The predicted molar refractivity (Wildman–Crippen MR) is 111 cm³/mol. The van der Waals surface area contributed by atoms with Crippen LogP contribution in [0.15, 0.2) is 17.0 Å². The summed E-state index contributed by atoms with van der Waals surface area (Å²) in [6, 6.07) is 0. The van der Waals surface area contributed by atoms with Crippen LogP contribution in [0.5, 0.6) is 0 Å². The van der Waals surface area contributed by atoms with Crippen LogP contribution >= 0.6 is 22.7 Å². The number of amides is 1. The number of nitrogens with zero attached hydrogens (tertiary/aromatic N) is 4. The highest BCUT2D eigenvalue weighted by molar-refractivity contribution is 7.92. The second-order valence-corrected chi connectivity index (χ2v) is 10.5. The van der Waals surface area contributed by atoms with Crippen molar-refractivity contribution in [1.82, 2.24) is 19.3 Å². The topological polar surface area (TPSA) is 96.7 Å². The second-order valence-electron chi connectivity index (χ2n) is 7.00. The fourth-order valence-electron chi connectivity index (χ4n) is 3.55. The van der Waals surface area contributed by atoms with Gasteiger partial charge < -0.3 is 4.90 Å². The number of likely N-dealkylation sites (tertiary alicyclic amines) is 1. The van der Waals surface area contributed by atoms with Crippen LogP contribution in [0.1, 0.15) is 36.0 Å². The van der Waals surface area contributed by atoms with Gasteiger partial charge in [0, 0.05) is 36.0 Å². The van der Waals surface area contributed by atoms with E-state index in [9.17, 15) is 13.2 Å². The Balaban J connectivity index is 1.44. The maximum atomic E-state index is 12.8. The third kappa shape index (κ3) is 4.06. The molecule has 1 saturated heterocycles. The van der Waals surface area contributed by atoms with Gasteiger partial charge >= 0.3 is 0 Å². The zero-order valence-corrected chi connectivity index (χ0v) is 18.0. The van der Waals surface area contributed by atoms with Crippen LogP contribution in [0.4, 0.5) is 5.13 Å². The summed E-state index contributed by atoms with van der Waals surface area (Å²) in [5, 5.41) is 4.07. The third-order valence-corrected chi connectivity index (χ3v) is 7.16. The highest BCUT2D eigenvalue weighted by Crippen LogP contribution is 2.32. The minimum Gasteiger partial charge on any atom is -0.342 e. The van der Waals surface area contributed by atoms with E-state index < -0.39 is 10.0 Å². The highest BCUT2D eigenvalue weighted by atomic mass is 32.2. The molecule has 11 heteroatoms. The van der Waals surface area contributed by atoms with Gasteiger partial charge in [0.25, 0.3) is 0 Å². The minimum absolute atomic E-state index is 0.0132. The summed E-state index contributed by atoms with van der Waals surface area (Å²) in [5.41, 5.74) is 1.67. The Morgan fingerprint density at radius 2 is 2.18 bits per heavy atom. The van der Waals surface area contributed by atoms with Crippen molar-refractivity contribution in [1.29, 1.82) is 0 Å². The number of hydrogen-bond donors (Lipinski definition) is 1. The van der Waals surface area contributed by atoms with Gasteiger partial charge in [0.05, 0.1) is 24.1 Å². The Kier molecular flexibility index (Phi) is 5.15. The zero-order valence-electron chi connectivity index (χ0n) is 15.6. The van der Waals surface area contributed by atoms with Gasteiger partial charge in [-0.25, -0.2) is 18.4 Å². The lowest BCUT2D eigenvalue weighted by Crippen LogP contribution is -2.40. The summed E-state index contributed by atoms with van der Waals surface area (Å²) >= 11 is 2.86. The van der Waals surface area contributed by atoms with Crippen molar-refractivity contribution in [2.75, 3.05) is 24.1 Å². The first kappa shape index (κ1) is 19.3. The number of rotatable bonds is 5. The van der Waals surface area contributed by atoms with E-state index >= 15 is 0 Å². The molecule has 150 valence electrons. The Bertz CT molecular complexity index is 1110. The first-order valence-electron chi connectivity index (χ1n) is 8.92. The molecule has 4 rings (SSSR count). The molecule has 0 spiro atoms. The molecule has 0 bridgehead atoms. The quantitative estimate of drug-likeness (QED) is 0.659. The molecule has 0 radical (unpaired) electrons. The van der Waals surface area contributed by atoms with Gasteiger partial charge in [-0.05, 0) is 19.8 Å². The van der Waals surface area contributed by atoms with Crippen LogP contribution in [0, 0.1) is 6.92 Å². The number of aryl methyl sites for hydroxylation is 1. The molecule has 1 aliphatic heterocycles. The number of carbonyl (C=O) groups is 1. The second kappa shape index (κ2) is 7.45. The molecule has 1 fully saturated rings. The Labute approximate surface area is 171 Å². The summed E-state index contributed by atoms with van der Waals surface area (Å²) in [4.78, 5) is 24.8. The first-order chi connectivity index (χ1) is 13.3. The van der Waals surface area contributed by atoms with Gasteiger partial charge in [-0.15, -0.1) is 22.7 Å². The average Bonchev–Trinajstić information content (AvgIpc) is 3.33. The van der Waals surface area contributed by atoms with Gasteiger partial charge in [0.2, 0.25) is 15.9 Å². The molecule has 1 N–H and O–H groups in total. The number of sulfonamides is 1. The van der Waals surface area contributed by atoms with Gasteiger partial charge in [-0.3, -0.25) is 13.9 Å². The summed E-state index contributed by atoms with van der Waals surface area (Å²) in [6.07, 6.45) is 5.24. The van der Waals surface area contributed by atoms with Crippen molar-refractivity contribution in [3.8, 4) is 0 Å². The molecule has 1 atom stereocenters. The molecule has 0 saturated carbocycles. The first-order valence-corrected chi connectivity index (χ1v) is 12.6. The van der Waals surface area contributed by atoms with Crippen LogP contribution in [0.3, 0.4) is 0 Å². The van der Waals surface area contributed by atoms with E-state index in [0.29, 0.717) is 12.2 Å². The number of fused-ring (bicyclic) bond motifs is 1. The monoisotopic (exact) mass is 439 g/mol. The number of aromatic nitrogens is 3. The van der Waals surface area contributed by atoms with E-state index in [2.05, 4.69) is 19.5 Å². The van der Waals surface area contributed by atoms with E-state index in [1.54, 1.807) is 16.7 Å². The van der Waals surface area contributed by atoms with Gasteiger partial charge in [-0.2, -0.15) is 0 Å². The van der Waals surface area contributed by atoms with E-state index in [1.165, 1.54) is 11.3 Å². The SMILES string of the molecule is Cc1nc(C2CCCN(C(=O)Cc3csc(NS(C)(=O)=O)n3)C2)c2sccn12.